The van der Waals surface area contributed by atoms with E-state index in [9.17, 15) is 8.42 Å². The fourth-order valence-corrected chi connectivity index (χ4v) is 0.722. The third-order valence-corrected chi connectivity index (χ3v) is 2.24. The van der Waals surface area contributed by atoms with Gasteiger partial charge in [0, 0.05) is 0 Å². The summed E-state index contributed by atoms with van der Waals surface area (Å²) < 4.78 is 23.4. The van der Waals surface area contributed by atoms with Gasteiger partial charge in [-0.15, -0.1) is 0 Å². The fraction of sp³-hybridized carbons (Fsp3) is 0.200. The van der Waals surface area contributed by atoms with E-state index in [-0.39, 0.29) is 4.91 Å². The molecule has 0 fully saturated rings. The molecule has 0 aliphatic carbocycles. The average molecular weight is 147 g/mol. The van der Waals surface area contributed by atoms with Crippen LogP contribution in [0.3, 0.4) is 0 Å². The lowest BCUT2D eigenvalue weighted by atomic mass is 10.6. The highest BCUT2D eigenvalue weighted by atomic mass is 32.2. The van der Waals surface area contributed by atoms with Crippen molar-refractivity contribution in [3.63, 3.8) is 0 Å². The van der Waals surface area contributed by atoms with Crippen LogP contribution in [0.5, 0.6) is 0 Å². The van der Waals surface area contributed by atoms with E-state index < -0.39 is 10.0 Å². The third kappa shape index (κ3) is 1.99. The molecule has 0 aromatic carbocycles. The van der Waals surface area contributed by atoms with Crippen molar-refractivity contribution in [1.29, 1.82) is 0 Å². The Morgan fingerprint density at radius 1 is 1.67 bits per heavy atom. The van der Waals surface area contributed by atoms with Crippen molar-refractivity contribution in [2.75, 3.05) is 7.05 Å². The van der Waals surface area contributed by atoms with Crippen LogP contribution in [0.2, 0.25) is 0 Å². The summed E-state index contributed by atoms with van der Waals surface area (Å²) in [7, 11) is -1.99. The van der Waals surface area contributed by atoms with Gasteiger partial charge in [0.25, 0.3) is 0 Å². The van der Waals surface area contributed by atoms with E-state index in [1.807, 2.05) is 0 Å². The molecule has 0 unspecified atom stereocenters. The Balaban J connectivity index is 4.56. The molecule has 1 N–H and O–H groups in total. The predicted octanol–water partition coefficient (Wildman–Crippen LogP) is 0.235. The predicted molar refractivity (Wildman–Crippen MR) is 37.3 cm³/mol. The molecule has 4 heteroatoms. The highest BCUT2D eigenvalue weighted by molar-refractivity contribution is 7.93. The van der Waals surface area contributed by atoms with E-state index >= 15 is 0 Å². The fourth-order valence-electron chi connectivity index (χ4n) is 0.241. The summed E-state index contributed by atoms with van der Waals surface area (Å²) in [6, 6.07) is 0. The lowest BCUT2D eigenvalue weighted by Gasteiger charge is -1.97. The Labute approximate surface area is 55.1 Å². The Kier molecular flexibility index (Phi) is 2.61. The molecule has 0 saturated heterocycles. The molecule has 0 saturated carbocycles. The summed E-state index contributed by atoms with van der Waals surface area (Å²) in [5.41, 5.74) is 0. The van der Waals surface area contributed by atoms with Crippen molar-refractivity contribution >= 4 is 10.0 Å². The molecule has 9 heavy (non-hydrogen) atoms. The van der Waals surface area contributed by atoms with E-state index in [1.54, 1.807) is 0 Å². The molecule has 0 rings (SSSR count). The van der Waals surface area contributed by atoms with Gasteiger partial charge in [0.2, 0.25) is 10.0 Å². The van der Waals surface area contributed by atoms with E-state index in [4.69, 9.17) is 0 Å². The second-order valence-electron chi connectivity index (χ2n) is 1.38. The van der Waals surface area contributed by atoms with Gasteiger partial charge in [-0.3, -0.25) is 0 Å². The topological polar surface area (TPSA) is 46.2 Å². The molecular weight excluding hydrogens is 138 g/mol. The van der Waals surface area contributed by atoms with Crippen molar-refractivity contribution in [1.82, 2.24) is 4.72 Å². The normalized spacial score (nSPS) is 10.8. The first-order valence-electron chi connectivity index (χ1n) is 2.29. The summed E-state index contributed by atoms with van der Waals surface area (Å²) in [4.78, 5) is -0.00926. The lowest BCUT2D eigenvalue weighted by molar-refractivity contribution is 0.595. The van der Waals surface area contributed by atoms with Crippen LogP contribution in [0, 0.1) is 0 Å². The molecule has 0 aromatic heterocycles. The molecule has 0 radical (unpaired) electrons. The zero-order valence-electron chi connectivity index (χ0n) is 5.22. The van der Waals surface area contributed by atoms with Crippen LogP contribution in [-0.2, 0) is 10.0 Å². The van der Waals surface area contributed by atoms with Crippen LogP contribution in [0.4, 0.5) is 0 Å². The van der Waals surface area contributed by atoms with E-state index in [2.05, 4.69) is 17.9 Å². The standard InChI is InChI=1S/C5H9NO2S/c1-4-5(2)9(7,8)6-3/h4,6H,1-2H2,3H3. The second kappa shape index (κ2) is 2.80. The second-order valence-corrected chi connectivity index (χ2v) is 3.32. The molecular formula is C5H9NO2S. The minimum Gasteiger partial charge on any atom is -0.214 e. The van der Waals surface area contributed by atoms with Crippen LogP contribution in [-0.4, -0.2) is 15.5 Å². The van der Waals surface area contributed by atoms with Gasteiger partial charge in [0.15, 0.2) is 0 Å². The van der Waals surface area contributed by atoms with Crippen LogP contribution < -0.4 is 4.72 Å². The smallest absolute Gasteiger partial charge is 0.214 e. The number of hydrogen-bond donors (Lipinski definition) is 1. The third-order valence-electron chi connectivity index (χ3n) is 0.842. The van der Waals surface area contributed by atoms with Crippen molar-refractivity contribution < 1.29 is 8.42 Å². The summed E-state index contributed by atoms with van der Waals surface area (Å²) >= 11 is 0. The number of sulfonamides is 1. The molecule has 0 aromatic rings. The van der Waals surface area contributed by atoms with Gasteiger partial charge in [-0.25, -0.2) is 13.1 Å². The van der Waals surface area contributed by atoms with Gasteiger partial charge in [-0.05, 0) is 13.1 Å². The molecule has 52 valence electrons. The van der Waals surface area contributed by atoms with Crippen LogP contribution >= 0.6 is 0 Å². The van der Waals surface area contributed by atoms with Gasteiger partial charge in [0.1, 0.15) is 0 Å². The van der Waals surface area contributed by atoms with E-state index in [0.29, 0.717) is 0 Å². The SMILES string of the molecule is C=CC(=C)S(=O)(=O)NC. The van der Waals surface area contributed by atoms with Gasteiger partial charge in [-0.1, -0.05) is 13.2 Å². The number of hydrogen-bond acceptors (Lipinski definition) is 2. The Morgan fingerprint density at radius 2 is 2.11 bits per heavy atom. The minimum absolute atomic E-state index is 0.00926. The maximum Gasteiger partial charge on any atom is 0.239 e. The Morgan fingerprint density at radius 3 is 2.22 bits per heavy atom. The van der Waals surface area contributed by atoms with Crippen molar-refractivity contribution in [3.8, 4) is 0 Å². The average Bonchev–Trinajstić information content (AvgIpc) is 1.86. The largest absolute Gasteiger partial charge is 0.239 e. The van der Waals surface area contributed by atoms with Gasteiger partial charge >= 0.3 is 0 Å². The maximum atomic E-state index is 10.6. The van der Waals surface area contributed by atoms with Crippen molar-refractivity contribution in [2.45, 2.75) is 0 Å². The Bertz CT molecular complexity index is 215. The molecule has 0 aliphatic heterocycles. The van der Waals surface area contributed by atoms with Crippen LogP contribution in [0.1, 0.15) is 0 Å². The van der Waals surface area contributed by atoms with Crippen LogP contribution in [0.25, 0.3) is 0 Å². The Hall–Kier alpha value is -0.610. The molecule has 0 bridgehead atoms. The molecule has 0 spiro atoms. The van der Waals surface area contributed by atoms with Crippen molar-refractivity contribution in [3.05, 3.63) is 24.1 Å². The zero-order valence-corrected chi connectivity index (χ0v) is 6.03. The summed E-state index contributed by atoms with van der Waals surface area (Å²) in [6.45, 7) is 6.50. The summed E-state index contributed by atoms with van der Waals surface area (Å²) in [6.07, 6.45) is 1.19. The van der Waals surface area contributed by atoms with Gasteiger partial charge < -0.3 is 0 Å². The maximum absolute atomic E-state index is 10.6. The molecule has 0 aliphatic rings. The highest BCUT2D eigenvalue weighted by Crippen LogP contribution is 1.98. The number of rotatable bonds is 3. The zero-order chi connectivity index (χ0) is 7.49. The number of allylic oxidation sites excluding steroid dienone is 1. The molecule has 0 heterocycles. The van der Waals surface area contributed by atoms with Gasteiger partial charge in [0.05, 0.1) is 4.91 Å². The monoisotopic (exact) mass is 147 g/mol. The summed E-state index contributed by atoms with van der Waals surface area (Å²) in [5.74, 6) is 0. The minimum atomic E-state index is -3.31. The molecule has 0 atom stereocenters. The number of nitrogens with one attached hydrogen (secondary N) is 1. The summed E-state index contributed by atoms with van der Waals surface area (Å²) in [5, 5.41) is 0. The molecule has 0 amide bonds. The first-order chi connectivity index (χ1) is 4.04. The van der Waals surface area contributed by atoms with E-state index in [0.717, 1.165) is 0 Å². The van der Waals surface area contributed by atoms with Crippen LogP contribution in [0.15, 0.2) is 24.1 Å². The van der Waals surface area contributed by atoms with E-state index in [1.165, 1.54) is 13.1 Å². The first kappa shape index (κ1) is 8.39. The quantitative estimate of drug-likeness (QED) is 0.581. The first-order valence-corrected chi connectivity index (χ1v) is 3.78. The van der Waals surface area contributed by atoms with Crippen molar-refractivity contribution in [2.24, 2.45) is 0 Å². The lowest BCUT2D eigenvalue weighted by Crippen LogP contribution is -2.18. The van der Waals surface area contributed by atoms with Gasteiger partial charge in [-0.2, -0.15) is 0 Å². The molecule has 3 nitrogen and oxygen atoms in total. The highest BCUT2D eigenvalue weighted by Gasteiger charge is 2.06.